The molecule has 7 aliphatic rings. The average molecular weight is 1120 g/mol. The Hall–Kier alpha value is -6.08. The number of aromatic amines is 1. The Morgan fingerprint density at radius 1 is 0.683 bits per heavy atom. The molecule has 2 saturated heterocycles. The van der Waals surface area contributed by atoms with E-state index in [9.17, 15) is 19.2 Å². The number of ketones is 1. The van der Waals surface area contributed by atoms with Crippen molar-refractivity contribution in [1.29, 1.82) is 0 Å². The molecule has 2 N–H and O–H groups in total. The first-order valence-electron chi connectivity index (χ1n) is 31.0. The molecule has 0 bridgehead atoms. The number of hydrogen-bond donors (Lipinski definition) is 2. The second-order valence-electron chi connectivity index (χ2n) is 25.5. The van der Waals surface area contributed by atoms with Crippen LogP contribution in [-0.4, -0.2) is 66.4 Å². The van der Waals surface area contributed by atoms with Crippen molar-refractivity contribution < 1.29 is 46.2 Å². The van der Waals surface area contributed by atoms with Gasteiger partial charge in [0, 0.05) is 54.8 Å². The summed E-state index contributed by atoms with van der Waals surface area (Å²) in [6, 6.07) is 21.1. The van der Waals surface area contributed by atoms with Gasteiger partial charge in [0.25, 0.3) is 0 Å². The Bertz CT molecular complexity index is 3200. The summed E-state index contributed by atoms with van der Waals surface area (Å²) >= 11 is 0. The van der Waals surface area contributed by atoms with Crippen molar-refractivity contribution >= 4 is 40.5 Å². The van der Waals surface area contributed by atoms with E-state index in [2.05, 4.69) is 28.5 Å². The molecule has 5 aliphatic carbocycles. The summed E-state index contributed by atoms with van der Waals surface area (Å²) in [5, 5.41) is 3.75. The number of allylic oxidation sites excluding steroid dienone is 1. The van der Waals surface area contributed by atoms with Crippen molar-refractivity contribution in [1.82, 2.24) is 15.2 Å². The van der Waals surface area contributed by atoms with Gasteiger partial charge in [-0.05, 0) is 220 Å². The molecule has 0 spiro atoms. The minimum atomic E-state index is -0.697. The van der Waals surface area contributed by atoms with Crippen LogP contribution in [0.3, 0.4) is 0 Å². The largest absolute Gasteiger partial charge is 0.469 e. The highest BCUT2D eigenvalue weighted by Crippen LogP contribution is 2.57. The maximum Gasteiger partial charge on any atom is 0.306 e. The lowest BCUT2D eigenvalue weighted by Crippen LogP contribution is -2.49. The molecule has 1 aromatic heterocycles. The van der Waals surface area contributed by atoms with Crippen LogP contribution in [0.15, 0.2) is 78.4 Å². The highest BCUT2D eigenvalue weighted by atomic mass is 19.1. The molecular weight excluding hydrogens is 1040 g/mol. The van der Waals surface area contributed by atoms with Crippen LogP contribution in [-0.2, 0) is 35.1 Å². The Kier molecular flexibility index (Phi) is 16.7. The minimum Gasteiger partial charge on any atom is -0.469 e. The number of ether oxygens (including phenoxy) is 2. The number of likely N-dealkylation sites (tertiary alicyclic amines) is 1. The highest BCUT2D eigenvalue weighted by Gasteiger charge is 2.46. The maximum absolute atomic E-state index is 17.2. The third-order valence-electron chi connectivity index (χ3n) is 20.9. The fourth-order valence-corrected chi connectivity index (χ4v) is 16.9. The summed E-state index contributed by atoms with van der Waals surface area (Å²) in [5.41, 5.74) is 6.62. The van der Waals surface area contributed by atoms with Gasteiger partial charge in [0.05, 0.1) is 31.5 Å². The van der Waals surface area contributed by atoms with E-state index >= 15 is 17.6 Å². The predicted octanol–water partition coefficient (Wildman–Crippen LogP) is 14.9. The maximum atomic E-state index is 17.2. The van der Waals surface area contributed by atoms with Gasteiger partial charge in [-0.3, -0.25) is 19.2 Å². The molecule has 5 aromatic rings. The summed E-state index contributed by atoms with van der Waals surface area (Å²) in [6.45, 7) is 3.10. The number of nitrogens with zero attached hydrogens (tertiary/aromatic N) is 1. The molecule has 8 atom stereocenters. The number of amides is 2. The van der Waals surface area contributed by atoms with Crippen molar-refractivity contribution in [2.75, 3.05) is 26.9 Å². The van der Waals surface area contributed by atoms with Crippen LogP contribution in [0.5, 0.6) is 0 Å². The number of benzene rings is 4. The fraction of sp³-hybridized carbons (Fsp3) is 0.536. The number of hydrogen-bond acceptors (Lipinski definition) is 6. The van der Waals surface area contributed by atoms with E-state index in [1.165, 1.54) is 37.8 Å². The number of fused-ring (bicyclic) bond motifs is 2. The van der Waals surface area contributed by atoms with Gasteiger partial charge in [-0.1, -0.05) is 67.7 Å². The van der Waals surface area contributed by atoms with Gasteiger partial charge in [0.15, 0.2) is 5.78 Å². The summed E-state index contributed by atoms with van der Waals surface area (Å²) in [4.78, 5) is 59.6. The van der Waals surface area contributed by atoms with E-state index in [-0.39, 0.29) is 65.2 Å². The van der Waals surface area contributed by atoms with Gasteiger partial charge in [-0.15, -0.1) is 0 Å². The second kappa shape index (κ2) is 24.3. The Labute approximate surface area is 479 Å². The first kappa shape index (κ1) is 56.4. The number of aromatic nitrogens is 1. The smallest absolute Gasteiger partial charge is 0.306 e. The number of carbonyl (C=O) groups is 4. The molecular formula is C69H79F4N3O6. The number of nitrogens with one attached hydrogen (secondary N) is 2. The summed E-state index contributed by atoms with van der Waals surface area (Å²) < 4.78 is 79.2. The van der Waals surface area contributed by atoms with Crippen LogP contribution >= 0.6 is 0 Å². The third kappa shape index (κ3) is 11.2. The van der Waals surface area contributed by atoms with E-state index in [1.807, 2.05) is 41.3 Å². The van der Waals surface area contributed by atoms with Crippen molar-refractivity contribution in [3.63, 3.8) is 0 Å². The topological polar surface area (TPSA) is 118 Å². The number of halogens is 4. The number of Topliss-reactive ketones (excluding diaryl/α,β-unsaturated/α-hetero) is 1. The number of rotatable bonds is 15. The third-order valence-corrected chi connectivity index (χ3v) is 20.9. The van der Waals surface area contributed by atoms with Crippen molar-refractivity contribution in [3.05, 3.63) is 146 Å². The molecule has 2 amide bonds. The summed E-state index contributed by atoms with van der Waals surface area (Å²) in [7, 11) is 1.36. The van der Waals surface area contributed by atoms with E-state index in [0.29, 0.717) is 106 Å². The van der Waals surface area contributed by atoms with Crippen LogP contribution in [0.2, 0.25) is 0 Å². The van der Waals surface area contributed by atoms with E-state index in [0.717, 1.165) is 92.0 Å². The number of H-pyrrole nitrogens is 1. The zero-order valence-electron chi connectivity index (χ0n) is 47.6. The lowest BCUT2D eigenvalue weighted by Gasteiger charge is -2.34. The Morgan fingerprint density at radius 3 is 2.09 bits per heavy atom. The highest BCUT2D eigenvalue weighted by molar-refractivity contribution is 5.91. The van der Waals surface area contributed by atoms with E-state index in [1.54, 1.807) is 6.07 Å². The zero-order valence-corrected chi connectivity index (χ0v) is 47.6. The first-order chi connectivity index (χ1) is 39.8. The second-order valence-corrected chi connectivity index (χ2v) is 25.5. The van der Waals surface area contributed by atoms with E-state index in [4.69, 9.17) is 9.47 Å². The van der Waals surface area contributed by atoms with Crippen LogP contribution in [0.1, 0.15) is 209 Å². The lowest BCUT2D eigenvalue weighted by atomic mass is 9.74. The summed E-state index contributed by atoms with van der Waals surface area (Å²) in [6.07, 6.45) is 16.7. The van der Waals surface area contributed by atoms with E-state index < -0.39 is 59.0 Å². The van der Waals surface area contributed by atoms with Gasteiger partial charge in [-0.25, -0.2) is 17.6 Å². The van der Waals surface area contributed by atoms with Crippen molar-refractivity contribution in [3.8, 4) is 0 Å². The van der Waals surface area contributed by atoms with Crippen molar-refractivity contribution in [2.24, 2.45) is 29.6 Å². The lowest BCUT2D eigenvalue weighted by molar-refractivity contribution is -0.149. The molecule has 4 aromatic carbocycles. The molecule has 13 heteroatoms. The van der Waals surface area contributed by atoms with Gasteiger partial charge in [0.1, 0.15) is 23.3 Å². The quantitative estimate of drug-likeness (QED) is 0.0796. The summed E-state index contributed by atoms with van der Waals surface area (Å²) in [5.74, 6) is -5.27. The molecule has 12 rings (SSSR count). The van der Waals surface area contributed by atoms with Gasteiger partial charge in [-0.2, -0.15) is 0 Å². The average Bonchev–Trinajstić information content (AvgIpc) is 4.55. The fourth-order valence-electron chi connectivity index (χ4n) is 16.9. The molecule has 2 aliphatic heterocycles. The number of carbonyl (C=O) groups excluding carboxylic acids is 4. The molecule has 3 heterocycles. The molecule has 2 unspecified atom stereocenters. The van der Waals surface area contributed by atoms with Crippen LogP contribution in [0.4, 0.5) is 17.6 Å². The monoisotopic (exact) mass is 1120 g/mol. The standard InChI is InChI=1S/C69H79F4N3O6/c1-39(77)74-67(44-24-27-82-28-25-44)68(79)53-16-9-15-50(53)47-29-45-31-55(57(70)33-46(45)30-47)51-22-23-52(65(51)49-34-59(72)66(60(73)35-49)43-20-18-41(19-21-43)40-11-5-3-6-12-40)56-32-48-36-62(75-61(48)38-58(56)71)63-17-10-26-76(63)69(80)54(37-64(78)81-2)42-13-7-4-8-14-42/h3,5-6,11-12,29,31-36,38,41-44,50-54,63,65,67,75H,4,7-10,13-28,30,37H2,1-2H3,(H,74,77)/t41?,43?,50-,51+,52+,53?,54-,63-,65?,67-/m0/s1. The van der Waals surface area contributed by atoms with Crippen molar-refractivity contribution in [2.45, 2.75) is 177 Å². The first-order valence-corrected chi connectivity index (χ1v) is 31.0. The van der Waals surface area contributed by atoms with Crippen LogP contribution in [0, 0.1) is 52.9 Å². The SMILES string of the molecule is COC(=O)C[C@H](C(=O)N1CCC[C@H]1c1cc2cc([C@H]3CC[C@H](c4cc5c(cc4F)CC([C@@H]4CCCC4C(=O)[C@@H](NC(C)=O)C4CCOCC4)=C5)C3c3cc(F)c(C4CCC(c5ccccc5)CC4)c(F)c3)c(F)cc2[nH]1)C1CCCCC1. The molecule has 4 saturated carbocycles. The van der Waals surface area contributed by atoms with Crippen LogP contribution < -0.4 is 5.32 Å². The minimum absolute atomic E-state index is 0.0000480. The Balaban J connectivity index is 0.864. The Morgan fingerprint density at radius 2 is 1.38 bits per heavy atom. The molecule has 82 heavy (non-hydrogen) atoms. The van der Waals surface area contributed by atoms with Gasteiger partial charge < -0.3 is 24.7 Å². The number of esters is 1. The molecule has 6 fully saturated rings. The normalized spacial score (nSPS) is 26.9. The van der Waals surface area contributed by atoms with Gasteiger partial charge >= 0.3 is 5.97 Å². The molecule has 434 valence electrons. The molecule has 0 radical (unpaired) electrons. The predicted molar refractivity (Wildman–Crippen MR) is 308 cm³/mol. The molecule has 9 nitrogen and oxygen atoms in total. The van der Waals surface area contributed by atoms with Gasteiger partial charge in [0.2, 0.25) is 11.8 Å². The van der Waals surface area contributed by atoms with Crippen LogP contribution in [0.25, 0.3) is 17.0 Å². The number of methoxy groups -OCH3 is 1. The zero-order chi connectivity index (χ0) is 56.8.